The number of aliphatic hydroxyl groups excluding tert-OH is 2. The maximum absolute atomic E-state index is 14.4. The molecule has 5 aliphatic carbocycles. The van der Waals surface area contributed by atoms with E-state index in [0.29, 0.717) is 56.1 Å². The first-order chi connectivity index (χ1) is 24.6. The van der Waals surface area contributed by atoms with Crippen molar-refractivity contribution in [2.45, 2.75) is 154 Å². The van der Waals surface area contributed by atoms with E-state index in [2.05, 4.69) is 36.9 Å². The zero-order valence-corrected chi connectivity index (χ0v) is 32.0. The molecule has 0 unspecified atom stereocenters. The lowest BCUT2D eigenvalue weighted by molar-refractivity contribution is -0.158. The molecule has 7 aliphatic rings. The molecule has 5 saturated carbocycles. The number of amides is 2. The first-order valence-electron chi connectivity index (χ1n) is 21.3. The van der Waals surface area contributed by atoms with Crippen LogP contribution < -0.4 is 0 Å². The van der Waals surface area contributed by atoms with Gasteiger partial charge in [0.05, 0.1) is 12.2 Å². The Balaban J connectivity index is 0.924. The topological polar surface area (TPSA) is 84.3 Å². The highest BCUT2D eigenvalue weighted by Crippen LogP contribution is 2.68. The van der Waals surface area contributed by atoms with E-state index in [1.54, 1.807) is 0 Å². The maximum Gasteiger partial charge on any atom is 0.245 e. The van der Waals surface area contributed by atoms with Crippen LogP contribution in [0.3, 0.4) is 0 Å². The predicted octanol–water partition coefficient (Wildman–Crippen LogP) is 6.82. The molecule has 1 aromatic rings. The zero-order chi connectivity index (χ0) is 35.5. The number of carbonyl (C=O) groups is 2. The van der Waals surface area contributed by atoms with Crippen molar-refractivity contribution in [1.29, 1.82) is 0 Å². The number of benzene rings is 1. The van der Waals surface area contributed by atoms with Crippen molar-refractivity contribution in [3.8, 4) is 0 Å². The molecule has 2 heterocycles. The molecule has 7 nitrogen and oxygen atoms in total. The van der Waals surface area contributed by atoms with Crippen LogP contribution in [0, 0.1) is 46.3 Å². The molecule has 0 spiro atoms. The lowest BCUT2D eigenvalue weighted by Crippen LogP contribution is -2.63. The summed E-state index contributed by atoms with van der Waals surface area (Å²) in [5.41, 5.74) is 2.88. The third kappa shape index (κ3) is 6.51. The van der Waals surface area contributed by atoms with Crippen molar-refractivity contribution in [2.24, 2.45) is 46.3 Å². The fraction of sp³-hybridized carbons (Fsp3) is 0.818. The minimum absolute atomic E-state index is 0.110. The molecule has 1 aromatic carbocycles. The van der Waals surface area contributed by atoms with Gasteiger partial charge in [-0.25, -0.2) is 0 Å². The van der Waals surface area contributed by atoms with Crippen molar-refractivity contribution in [3.63, 3.8) is 0 Å². The van der Waals surface area contributed by atoms with Gasteiger partial charge in [0.2, 0.25) is 11.8 Å². The van der Waals surface area contributed by atoms with Crippen LogP contribution in [0.25, 0.3) is 0 Å². The highest BCUT2D eigenvalue weighted by Gasteiger charge is 2.62. The molecule has 0 aromatic heterocycles. The normalized spacial score (nSPS) is 40.9. The summed E-state index contributed by atoms with van der Waals surface area (Å²) in [6.07, 6.45) is 17.4. The van der Waals surface area contributed by atoms with Crippen LogP contribution in [0.15, 0.2) is 24.3 Å². The monoisotopic (exact) mass is 702 g/mol. The Morgan fingerprint density at radius 3 is 2.35 bits per heavy atom. The van der Waals surface area contributed by atoms with E-state index in [4.69, 9.17) is 0 Å². The first kappa shape index (κ1) is 36.0. The highest BCUT2D eigenvalue weighted by molar-refractivity contribution is 5.88. The number of fused-ring (bicyclic) bond motifs is 6. The molecule has 0 bridgehead atoms. The van der Waals surface area contributed by atoms with Gasteiger partial charge in [-0.1, -0.05) is 70.2 Å². The van der Waals surface area contributed by atoms with Gasteiger partial charge in [-0.3, -0.25) is 14.5 Å². The largest absolute Gasteiger partial charge is 0.393 e. The molecule has 8 rings (SSSR count). The van der Waals surface area contributed by atoms with Crippen molar-refractivity contribution in [2.75, 3.05) is 26.2 Å². The average Bonchev–Trinajstić information content (AvgIpc) is 3.51. The molecular formula is C44H67N3O4. The number of nitrogens with zero attached hydrogens (tertiary/aromatic N) is 3. The number of hydrogen-bond donors (Lipinski definition) is 2. The summed E-state index contributed by atoms with van der Waals surface area (Å²) in [4.78, 5) is 34.7. The van der Waals surface area contributed by atoms with E-state index >= 15 is 0 Å². The van der Waals surface area contributed by atoms with Gasteiger partial charge in [0, 0.05) is 51.6 Å². The van der Waals surface area contributed by atoms with Crippen molar-refractivity contribution in [1.82, 2.24) is 14.7 Å². The summed E-state index contributed by atoms with van der Waals surface area (Å²) in [5, 5.41) is 22.4. The summed E-state index contributed by atoms with van der Waals surface area (Å²) in [7, 11) is 0. The van der Waals surface area contributed by atoms with Crippen LogP contribution in [0.5, 0.6) is 0 Å². The number of rotatable bonds is 6. The number of aliphatic hydroxyl groups is 2. The molecule has 2 N–H and O–H groups in total. The van der Waals surface area contributed by atoms with E-state index in [1.807, 2.05) is 22.8 Å². The Kier molecular flexibility index (Phi) is 10.1. The van der Waals surface area contributed by atoms with E-state index in [9.17, 15) is 19.8 Å². The quantitative estimate of drug-likeness (QED) is 0.340. The molecule has 6 fully saturated rings. The Labute approximate surface area is 307 Å². The van der Waals surface area contributed by atoms with Crippen molar-refractivity contribution < 1.29 is 19.8 Å². The SMILES string of the molecule is C[C@@H](O)[C@H]1CC[C@H]2[C@@H]3CC[C@H]4C[C@H](O)[C@@H](N5CCN(C(=O)[C@@H]6Cc7ccccc7CN6C(=O)CCC6CCCCC6)CC5)C[C@]4(C)[C@H]3CC[C@]12C. The Hall–Kier alpha value is -1.96. The summed E-state index contributed by atoms with van der Waals surface area (Å²) < 4.78 is 0. The Morgan fingerprint density at radius 1 is 0.882 bits per heavy atom. The van der Waals surface area contributed by atoms with Crippen LogP contribution in [-0.2, 0) is 22.6 Å². The molecule has 2 amide bonds. The summed E-state index contributed by atoms with van der Waals surface area (Å²) >= 11 is 0. The first-order valence-corrected chi connectivity index (χ1v) is 21.3. The molecule has 51 heavy (non-hydrogen) atoms. The third-order valence-corrected chi connectivity index (χ3v) is 16.8. The van der Waals surface area contributed by atoms with Gasteiger partial charge in [-0.15, -0.1) is 0 Å². The van der Waals surface area contributed by atoms with Crippen LogP contribution >= 0.6 is 0 Å². The average molecular weight is 702 g/mol. The van der Waals surface area contributed by atoms with Gasteiger partial charge >= 0.3 is 0 Å². The number of hydrogen-bond acceptors (Lipinski definition) is 5. The number of piperazine rings is 1. The van der Waals surface area contributed by atoms with E-state index in [1.165, 1.54) is 81.8 Å². The molecule has 0 radical (unpaired) electrons. The molecule has 7 heteroatoms. The number of carbonyl (C=O) groups excluding carboxylic acids is 2. The van der Waals surface area contributed by atoms with Crippen LogP contribution in [0.2, 0.25) is 0 Å². The fourth-order valence-corrected chi connectivity index (χ4v) is 13.9. The van der Waals surface area contributed by atoms with Gasteiger partial charge < -0.3 is 20.0 Å². The van der Waals surface area contributed by atoms with Crippen molar-refractivity contribution in [3.05, 3.63) is 35.4 Å². The highest BCUT2D eigenvalue weighted by atomic mass is 16.3. The van der Waals surface area contributed by atoms with E-state index in [0.717, 1.165) is 44.2 Å². The van der Waals surface area contributed by atoms with E-state index in [-0.39, 0.29) is 40.9 Å². The zero-order valence-electron chi connectivity index (χ0n) is 32.0. The lowest BCUT2D eigenvalue weighted by Gasteiger charge is -2.63. The van der Waals surface area contributed by atoms with Gasteiger partial charge in [0.1, 0.15) is 6.04 Å². The lowest BCUT2D eigenvalue weighted by atomic mass is 9.44. The predicted molar refractivity (Wildman–Crippen MR) is 201 cm³/mol. The summed E-state index contributed by atoms with van der Waals surface area (Å²) in [6.45, 7) is 10.5. The standard InChI is InChI=1S/C44H67N3O4/c1-29(48)35-16-17-36-34-15-14-33-26-40(49)39(27-44(33,3)37(34)19-20-43(35,36)2)45-21-23-46(24-22-45)42(51)38-25-31-11-7-8-12-32(31)28-47(38)41(50)18-13-30-9-5-4-6-10-30/h7-8,11-12,29-30,33-40,48-49H,4-6,9-10,13-28H2,1-3H3/t29-,33+,34+,35-,36+,37+,38+,39+,40+,43-,44+/m1/s1. The Morgan fingerprint density at radius 2 is 1.61 bits per heavy atom. The molecule has 2 aliphatic heterocycles. The Bertz CT molecular complexity index is 1420. The minimum atomic E-state index is -0.426. The fourth-order valence-electron chi connectivity index (χ4n) is 13.9. The van der Waals surface area contributed by atoms with Gasteiger partial charge in [0.15, 0.2) is 0 Å². The summed E-state index contributed by atoms with van der Waals surface area (Å²) in [6, 6.07) is 8.08. The molecular weight excluding hydrogens is 635 g/mol. The minimum Gasteiger partial charge on any atom is -0.393 e. The molecule has 11 atom stereocenters. The summed E-state index contributed by atoms with van der Waals surface area (Å²) in [5.74, 6) is 4.10. The smallest absolute Gasteiger partial charge is 0.245 e. The second kappa shape index (κ2) is 14.4. The van der Waals surface area contributed by atoms with Gasteiger partial charge in [0.25, 0.3) is 0 Å². The van der Waals surface area contributed by atoms with Gasteiger partial charge in [-0.05, 0) is 122 Å². The van der Waals surface area contributed by atoms with Crippen LogP contribution in [-0.4, -0.2) is 87.2 Å². The maximum atomic E-state index is 14.4. The van der Waals surface area contributed by atoms with Crippen LogP contribution in [0.4, 0.5) is 0 Å². The van der Waals surface area contributed by atoms with E-state index < -0.39 is 6.04 Å². The molecule has 282 valence electrons. The molecule has 1 saturated heterocycles. The van der Waals surface area contributed by atoms with Gasteiger partial charge in [-0.2, -0.15) is 0 Å². The van der Waals surface area contributed by atoms with Crippen LogP contribution in [0.1, 0.15) is 128 Å². The second-order valence-corrected chi connectivity index (χ2v) is 19.1. The second-order valence-electron chi connectivity index (χ2n) is 19.1. The third-order valence-electron chi connectivity index (χ3n) is 16.8. The van der Waals surface area contributed by atoms with Crippen molar-refractivity contribution >= 4 is 11.8 Å².